The van der Waals surface area contributed by atoms with Crippen molar-refractivity contribution in [2.24, 2.45) is 0 Å². The molecule has 0 atom stereocenters. The molecule has 1 aliphatic rings. The van der Waals surface area contributed by atoms with Gasteiger partial charge in [-0.1, -0.05) is 0 Å². The second kappa shape index (κ2) is 3.74. The quantitative estimate of drug-likeness (QED) is 0.413. The molecule has 0 aromatic heterocycles. The molecular weight excluding hydrogens is 196 g/mol. The Balaban J connectivity index is 2.62. The zero-order valence-electron chi connectivity index (χ0n) is 7.12. The van der Waals surface area contributed by atoms with Crippen LogP contribution in [0.15, 0.2) is 0 Å². The third-order valence-corrected chi connectivity index (χ3v) is 2.08. The highest BCUT2D eigenvalue weighted by Crippen LogP contribution is 2.06. The van der Waals surface area contributed by atoms with Gasteiger partial charge < -0.3 is 4.90 Å². The van der Waals surface area contributed by atoms with Crippen LogP contribution in [0.5, 0.6) is 0 Å². The van der Waals surface area contributed by atoms with Crippen molar-refractivity contribution < 1.29 is 14.4 Å². The van der Waals surface area contributed by atoms with Gasteiger partial charge in [-0.15, -0.1) is 0 Å². The Morgan fingerprint density at radius 2 is 2.00 bits per heavy atom. The van der Waals surface area contributed by atoms with Crippen LogP contribution in [-0.4, -0.2) is 46.6 Å². The lowest BCUT2D eigenvalue weighted by Gasteiger charge is -2.30. The van der Waals surface area contributed by atoms with Crippen molar-refractivity contribution in [2.75, 3.05) is 19.6 Å². The SMILES string of the molecule is CC(=O)N1CCN(C(=O)Cl)C(=O)C1. The number of carbonyl (C=O) groups is 3. The summed E-state index contributed by atoms with van der Waals surface area (Å²) in [6.45, 7) is 1.86. The highest BCUT2D eigenvalue weighted by Gasteiger charge is 2.28. The average molecular weight is 205 g/mol. The summed E-state index contributed by atoms with van der Waals surface area (Å²) in [7, 11) is 0. The van der Waals surface area contributed by atoms with Crippen LogP contribution in [0.3, 0.4) is 0 Å². The molecule has 1 heterocycles. The summed E-state index contributed by atoms with van der Waals surface area (Å²) < 4.78 is 0. The number of carbonyl (C=O) groups excluding carboxylic acids is 3. The van der Waals surface area contributed by atoms with E-state index in [1.165, 1.54) is 11.8 Å². The predicted octanol–water partition coefficient (Wildman–Crippen LogP) is 0.0359. The molecule has 5 nitrogen and oxygen atoms in total. The van der Waals surface area contributed by atoms with Gasteiger partial charge in [0, 0.05) is 20.0 Å². The summed E-state index contributed by atoms with van der Waals surface area (Å²) in [5.74, 6) is -0.600. The van der Waals surface area contributed by atoms with Gasteiger partial charge in [0.25, 0.3) is 0 Å². The Kier molecular flexibility index (Phi) is 2.87. The van der Waals surface area contributed by atoms with E-state index in [9.17, 15) is 14.4 Å². The van der Waals surface area contributed by atoms with Crippen LogP contribution in [0.2, 0.25) is 0 Å². The standard InChI is InChI=1S/C7H9ClN2O3/c1-5(11)9-2-3-10(7(8)13)6(12)4-9/h2-4H2,1H3. The first-order chi connectivity index (χ1) is 6.02. The van der Waals surface area contributed by atoms with Crippen molar-refractivity contribution in [3.05, 3.63) is 0 Å². The average Bonchev–Trinajstić information content (AvgIpc) is 2.03. The molecule has 0 radical (unpaired) electrons. The number of hydrogen-bond donors (Lipinski definition) is 0. The van der Waals surface area contributed by atoms with Gasteiger partial charge in [0.15, 0.2) is 0 Å². The van der Waals surface area contributed by atoms with Gasteiger partial charge in [-0.05, 0) is 11.6 Å². The first-order valence-electron chi connectivity index (χ1n) is 3.77. The molecule has 1 saturated heterocycles. The molecule has 6 heteroatoms. The molecule has 0 aromatic rings. The monoisotopic (exact) mass is 204 g/mol. The zero-order valence-corrected chi connectivity index (χ0v) is 7.87. The van der Waals surface area contributed by atoms with E-state index < -0.39 is 11.3 Å². The lowest BCUT2D eigenvalue weighted by atomic mass is 10.3. The van der Waals surface area contributed by atoms with Gasteiger partial charge in [-0.2, -0.15) is 0 Å². The minimum absolute atomic E-state index is 0.0617. The molecule has 1 rings (SSSR count). The van der Waals surface area contributed by atoms with Gasteiger partial charge in [0.2, 0.25) is 11.8 Å². The predicted molar refractivity (Wildman–Crippen MR) is 45.2 cm³/mol. The lowest BCUT2D eigenvalue weighted by molar-refractivity contribution is -0.141. The van der Waals surface area contributed by atoms with Crippen LogP contribution >= 0.6 is 11.6 Å². The number of nitrogens with zero attached hydrogens (tertiary/aromatic N) is 2. The molecular formula is C7H9ClN2O3. The minimum atomic E-state index is -0.784. The van der Waals surface area contributed by atoms with E-state index in [4.69, 9.17) is 11.6 Å². The van der Waals surface area contributed by atoms with Gasteiger partial charge in [0.05, 0.1) is 0 Å². The smallest absolute Gasteiger partial charge is 0.323 e. The molecule has 0 spiro atoms. The van der Waals surface area contributed by atoms with E-state index in [0.717, 1.165) is 4.90 Å². The Bertz CT molecular complexity index is 266. The maximum atomic E-state index is 11.2. The summed E-state index contributed by atoms with van der Waals surface area (Å²) in [6, 6.07) is 0. The number of rotatable bonds is 0. The molecule has 1 aliphatic heterocycles. The van der Waals surface area contributed by atoms with Crippen LogP contribution < -0.4 is 0 Å². The summed E-state index contributed by atoms with van der Waals surface area (Å²) in [5.41, 5.74) is 0. The van der Waals surface area contributed by atoms with Crippen molar-refractivity contribution in [1.29, 1.82) is 0 Å². The van der Waals surface area contributed by atoms with Gasteiger partial charge in [-0.25, -0.2) is 0 Å². The lowest BCUT2D eigenvalue weighted by Crippen LogP contribution is -2.52. The second-order valence-electron chi connectivity index (χ2n) is 2.74. The van der Waals surface area contributed by atoms with E-state index >= 15 is 0 Å². The molecule has 0 saturated carbocycles. The fraction of sp³-hybridized carbons (Fsp3) is 0.571. The summed E-state index contributed by atoms with van der Waals surface area (Å²) in [4.78, 5) is 35.0. The van der Waals surface area contributed by atoms with Crippen LogP contribution in [0.1, 0.15) is 6.92 Å². The highest BCUT2D eigenvalue weighted by atomic mass is 35.5. The fourth-order valence-electron chi connectivity index (χ4n) is 1.13. The molecule has 0 N–H and O–H groups in total. The van der Waals surface area contributed by atoms with Gasteiger partial charge >= 0.3 is 5.37 Å². The maximum Gasteiger partial charge on any atom is 0.323 e. The molecule has 0 aromatic carbocycles. The summed E-state index contributed by atoms with van der Waals surface area (Å²) in [5, 5.41) is -0.784. The maximum absolute atomic E-state index is 11.2. The fourth-order valence-corrected chi connectivity index (χ4v) is 1.31. The topological polar surface area (TPSA) is 57.7 Å². The van der Waals surface area contributed by atoms with E-state index in [1.807, 2.05) is 0 Å². The third-order valence-electron chi connectivity index (χ3n) is 1.88. The van der Waals surface area contributed by atoms with E-state index in [1.54, 1.807) is 0 Å². The van der Waals surface area contributed by atoms with Gasteiger partial charge in [-0.3, -0.25) is 19.3 Å². The van der Waals surface area contributed by atoms with E-state index in [0.29, 0.717) is 6.54 Å². The number of amides is 3. The van der Waals surface area contributed by atoms with Crippen LogP contribution in [-0.2, 0) is 9.59 Å². The number of imide groups is 1. The summed E-state index contributed by atoms with van der Waals surface area (Å²) in [6.07, 6.45) is 0. The number of piperazine rings is 1. The molecule has 1 fully saturated rings. The minimum Gasteiger partial charge on any atom is -0.332 e. The second-order valence-corrected chi connectivity index (χ2v) is 3.06. The van der Waals surface area contributed by atoms with Crippen molar-refractivity contribution in [2.45, 2.75) is 6.92 Å². The van der Waals surface area contributed by atoms with Crippen molar-refractivity contribution in [3.63, 3.8) is 0 Å². The first-order valence-corrected chi connectivity index (χ1v) is 4.15. The third kappa shape index (κ3) is 2.18. The van der Waals surface area contributed by atoms with E-state index in [-0.39, 0.29) is 19.0 Å². The van der Waals surface area contributed by atoms with Crippen LogP contribution in [0.4, 0.5) is 4.79 Å². The Morgan fingerprint density at radius 3 is 2.38 bits per heavy atom. The first kappa shape index (κ1) is 9.98. The molecule has 0 unspecified atom stereocenters. The largest absolute Gasteiger partial charge is 0.332 e. The van der Waals surface area contributed by atoms with Crippen molar-refractivity contribution in [3.8, 4) is 0 Å². The zero-order chi connectivity index (χ0) is 10.0. The summed E-state index contributed by atoms with van der Waals surface area (Å²) >= 11 is 5.14. The molecule has 13 heavy (non-hydrogen) atoms. The molecule has 72 valence electrons. The molecule has 3 amide bonds. The van der Waals surface area contributed by atoms with Gasteiger partial charge in [0.1, 0.15) is 6.54 Å². The van der Waals surface area contributed by atoms with Crippen molar-refractivity contribution >= 4 is 28.8 Å². The Hall–Kier alpha value is -1.10. The van der Waals surface area contributed by atoms with Crippen LogP contribution in [0, 0.1) is 0 Å². The van der Waals surface area contributed by atoms with Crippen molar-refractivity contribution in [1.82, 2.24) is 9.80 Å². The van der Waals surface area contributed by atoms with Crippen LogP contribution in [0.25, 0.3) is 0 Å². The number of halogens is 1. The Labute approximate surface area is 80.2 Å². The molecule has 0 bridgehead atoms. The number of hydrogen-bond acceptors (Lipinski definition) is 3. The normalized spacial score (nSPS) is 17.5. The molecule has 0 aliphatic carbocycles. The highest BCUT2D eigenvalue weighted by molar-refractivity contribution is 6.64. The van der Waals surface area contributed by atoms with E-state index in [2.05, 4.69) is 0 Å². The Morgan fingerprint density at radius 1 is 1.38 bits per heavy atom.